The standard InChI is InChI=1S/C28H34N2O8/c1-30(2)21-20-23(33)17-14(11-10-12-6-3-4-7-12)13-8-5-9-15(31)16(13)22(32)18(17)25(35)28(20,38)26(36)19(24(21)34)27(29)37/h5,8-9,12,14,17-21,23,31,33,38H,3-4,6-7,10-11H2,1-2H3,(H2,29,37). The van der Waals surface area contributed by atoms with E-state index in [9.17, 15) is 39.3 Å². The molecule has 0 radical (unpaired) electrons. The second-order valence-electron chi connectivity index (χ2n) is 11.7. The number of amides is 1. The molecule has 3 fully saturated rings. The van der Waals surface area contributed by atoms with E-state index in [2.05, 4.69) is 0 Å². The van der Waals surface area contributed by atoms with Crippen LogP contribution in [0.5, 0.6) is 5.75 Å². The van der Waals surface area contributed by atoms with Crippen LogP contribution in [-0.2, 0) is 19.2 Å². The largest absolute Gasteiger partial charge is 0.507 e. The summed E-state index contributed by atoms with van der Waals surface area (Å²) < 4.78 is 0. The van der Waals surface area contributed by atoms with Gasteiger partial charge in [-0.3, -0.25) is 28.9 Å². The number of benzene rings is 1. The number of carbonyl (C=O) groups excluding carboxylic acids is 5. The average Bonchev–Trinajstić information content (AvgIpc) is 3.37. The van der Waals surface area contributed by atoms with Crippen molar-refractivity contribution in [3.63, 3.8) is 0 Å². The fourth-order valence-electron chi connectivity index (χ4n) is 7.83. The molecule has 38 heavy (non-hydrogen) atoms. The van der Waals surface area contributed by atoms with Crippen molar-refractivity contribution in [2.45, 2.75) is 62.2 Å². The number of hydrogen-bond acceptors (Lipinski definition) is 9. The maximum atomic E-state index is 14.1. The molecule has 0 saturated heterocycles. The van der Waals surface area contributed by atoms with Crippen LogP contribution in [0.1, 0.15) is 60.4 Å². The van der Waals surface area contributed by atoms with Crippen LogP contribution in [0.2, 0.25) is 0 Å². The molecule has 0 heterocycles. The van der Waals surface area contributed by atoms with Crippen molar-refractivity contribution >= 4 is 29.0 Å². The maximum Gasteiger partial charge on any atom is 0.235 e. The average molecular weight is 527 g/mol. The fourth-order valence-corrected chi connectivity index (χ4v) is 7.83. The van der Waals surface area contributed by atoms with Crippen molar-refractivity contribution in [2.75, 3.05) is 14.1 Å². The normalized spacial score (nSPS) is 37.2. The molecule has 1 amide bonds. The SMILES string of the molecule is CN(C)C1C(=O)C(C(N)=O)C(=O)C2(O)C(=O)C3C(=O)c4c(O)cccc4C(CCC4CCCC4)C3C(O)C12. The lowest BCUT2D eigenvalue weighted by Gasteiger charge is -2.56. The second-order valence-corrected chi connectivity index (χ2v) is 11.7. The molecular weight excluding hydrogens is 492 g/mol. The quantitative estimate of drug-likeness (QED) is 0.394. The zero-order valence-electron chi connectivity index (χ0n) is 21.5. The number of nitrogens with two attached hydrogens (primary N) is 1. The van der Waals surface area contributed by atoms with E-state index in [0.717, 1.165) is 32.1 Å². The topological polar surface area (TPSA) is 175 Å². The summed E-state index contributed by atoms with van der Waals surface area (Å²) in [5.74, 6) is -12.3. The molecule has 0 spiro atoms. The number of fused-ring (bicyclic) bond motifs is 3. The van der Waals surface area contributed by atoms with Gasteiger partial charge in [-0.05, 0) is 50.4 Å². The molecule has 3 saturated carbocycles. The van der Waals surface area contributed by atoms with Gasteiger partial charge in [0, 0.05) is 5.92 Å². The maximum absolute atomic E-state index is 14.1. The van der Waals surface area contributed by atoms with Gasteiger partial charge < -0.3 is 21.1 Å². The zero-order chi connectivity index (χ0) is 27.7. The van der Waals surface area contributed by atoms with E-state index in [1.165, 1.54) is 25.1 Å². The Morgan fingerprint density at radius 1 is 1.08 bits per heavy atom. The highest BCUT2D eigenvalue weighted by atomic mass is 16.3. The Labute approximate surface area is 220 Å². The predicted octanol–water partition coefficient (Wildman–Crippen LogP) is 0.349. The number of carbonyl (C=O) groups is 5. The van der Waals surface area contributed by atoms with Crippen molar-refractivity contribution < 1.29 is 39.3 Å². The van der Waals surface area contributed by atoms with E-state index in [-0.39, 0.29) is 11.3 Å². The lowest BCUT2D eigenvalue weighted by atomic mass is 9.49. The summed E-state index contributed by atoms with van der Waals surface area (Å²) in [4.78, 5) is 68.1. The van der Waals surface area contributed by atoms with Crippen molar-refractivity contribution in [3.8, 4) is 5.75 Å². The van der Waals surface area contributed by atoms with E-state index >= 15 is 0 Å². The number of aromatic hydroxyl groups is 1. The van der Waals surface area contributed by atoms with Crippen molar-refractivity contribution in [2.24, 2.45) is 35.3 Å². The Morgan fingerprint density at radius 2 is 1.74 bits per heavy atom. The number of primary amides is 1. The van der Waals surface area contributed by atoms with Gasteiger partial charge in [0.1, 0.15) is 5.75 Å². The third-order valence-electron chi connectivity index (χ3n) is 9.51. The van der Waals surface area contributed by atoms with Gasteiger partial charge in [-0.15, -0.1) is 0 Å². The van der Waals surface area contributed by atoms with Crippen LogP contribution < -0.4 is 5.73 Å². The lowest BCUT2D eigenvalue weighted by Crippen LogP contribution is -2.77. The van der Waals surface area contributed by atoms with E-state index in [1.807, 2.05) is 0 Å². The molecular formula is C28H34N2O8. The van der Waals surface area contributed by atoms with Gasteiger partial charge in [0.25, 0.3) is 0 Å². The molecule has 4 aliphatic carbocycles. The number of aliphatic hydroxyl groups is 2. The summed E-state index contributed by atoms with van der Waals surface area (Å²) in [6, 6.07) is 3.27. The summed E-state index contributed by atoms with van der Waals surface area (Å²) in [6.07, 6.45) is 4.08. The molecule has 0 aromatic heterocycles. The predicted molar refractivity (Wildman–Crippen MR) is 133 cm³/mol. The summed E-state index contributed by atoms with van der Waals surface area (Å²) in [5, 5.41) is 34.3. The number of likely N-dealkylation sites (N-methyl/N-ethyl adjacent to an activating group) is 1. The van der Waals surface area contributed by atoms with Crippen molar-refractivity contribution in [1.29, 1.82) is 0 Å². The molecule has 8 atom stereocenters. The Kier molecular flexibility index (Phi) is 6.56. The highest BCUT2D eigenvalue weighted by molar-refractivity contribution is 6.32. The van der Waals surface area contributed by atoms with Gasteiger partial charge in [-0.2, -0.15) is 0 Å². The van der Waals surface area contributed by atoms with Crippen LogP contribution in [0.4, 0.5) is 0 Å². The highest BCUT2D eigenvalue weighted by Gasteiger charge is 2.73. The highest BCUT2D eigenvalue weighted by Crippen LogP contribution is 2.55. The van der Waals surface area contributed by atoms with Crippen LogP contribution in [-0.4, -0.2) is 81.1 Å². The first-order valence-corrected chi connectivity index (χ1v) is 13.3. The monoisotopic (exact) mass is 526 g/mol. The first-order valence-electron chi connectivity index (χ1n) is 13.3. The molecule has 4 aliphatic rings. The molecule has 1 aromatic rings. The Balaban J connectivity index is 1.67. The molecule has 8 unspecified atom stereocenters. The van der Waals surface area contributed by atoms with Gasteiger partial charge in [0.15, 0.2) is 34.7 Å². The van der Waals surface area contributed by atoms with E-state index in [1.54, 1.807) is 12.1 Å². The van der Waals surface area contributed by atoms with Crippen LogP contribution in [0, 0.1) is 29.6 Å². The van der Waals surface area contributed by atoms with Crippen LogP contribution in [0.25, 0.3) is 0 Å². The molecule has 204 valence electrons. The molecule has 1 aromatic carbocycles. The van der Waals surface area contributed by atoms with Gasteiger partial charge in [-0.1, -0.05) is 37.8 Å². The molecule has 5 N–H and O–H groups in total. The number of phenolic OH excluding ortho intramolecular Hbond substituents is 1. The van der Waals surface area contributed by atoms with Gasteiger partial charge in [0.05, 0.1) is 29.5 Å². The summed E-state index contributed by atoms with van der Waals surface area (Å²) in [5.41, 5.74) is 2.83. The van der Waals surface area contributed by atoms with E-state index in [4.69, 9.17) is 5.73 Å². The number of aliphatic hydroxyl groups excluding tert-OH is 1. The Hall–Kier alpha value is -2.95. The number of hydrogen-bond donors (Lipinski definition) is 4. The smallest absolute Gasteiger partial charge is 0.235 e. The third kappa shape index (κ3) is 3.60. The molecule has 0 aliphatic heterocycles. The zero-order valence-corrected chi connectivity index (χ0v) is 21.5. The summed E-state index contributed by atoms with van der Waals surface area (Å²) >= 11 is 0. The lowest BCUT2D eigenvalue weighted by molar-refractivity contribution is -0.197. The van der Waals surface area contributed by atoms with Crippen LogP contribution in [0.15, 0.2) is 18.2 Å². The minimum atomic E-state index is -2.98. The first-order chi connectivity index (χ1) is 17.9. The number of Topliss-reactive ketones (excluding diaryl/α,β-unsaturated/α-hetero) is 4. The van der Waals surface area contributed by atoms with E-state index in [0.29, 0.717) is 17.9 Å². The van der Waals surface area contributed by atoms with Crippen molar-refractivity contribution in [1.82, 2.24) is 4.90 Å². The molecule has 5 rings (SSSR count). The van der Waals surface area contributed by atoms with Gasteiger partial charge in [0.2, 0.25) is 5.91 Å². The first kappa shape index (κ1) is 26.6. The number of rotatable bonds is 5. The molecule has 0 bridgehead atoms. The fraction of sp³-hybridized carbons (Fsp3) is 0.607. The second kappa shape index (κ2) is 9.36. The third-order valence-corrected chi connectivity index (χ3v) is 9.51. The number of phenols is 1. The van der Waals surface area contributed by atoms with Crippen LogP contribution in [0.3, 0.4) is 0 Å². The Bertz CT molecular complexity index is 1220. The van der Waals surface area contributed by atoms with Gasteiger partial charge in [-0.25, -0.2) is 0 Å². The van der Waals surface area contributed by atoms with Crippen LogP contribution >= 0.6 is 0 Å². The summed E-state index contributed by atoms with van der Waals surface area (Å²) in [6.45, 7) is 0. The summed E-state index contributed by atoms with van der Waals surface area (Å²) in [7, 11) is 2.97. The molecule has 10 nitrogen and oxygen atoms in total. The van der Waals surface area contributed by atoms with Gasteiger partial charge >= 0.3 is 0 Å². The number of nitrogens with zero attached hydrogens (tertiary/aromatic N) is 1. The van der Waals surface area contributed by atoms with E-state index < -0.39 is 76.4 Å². The van der Waals surface area contributed by atoms with Crippen molar-refractivity contribution in [3.05, 3.63) is 29.3 Å². The molecule has 10 heteroatoms. The Morgan fingerprint density at radius 3 is 2.34 bits per heavy atom. The number of ketones is 4. The minimum Gasteiger partial charge on any atom is -0.507 e. The minimum absolute atomic E-state index is 0.0530.